The fourth-order valence-electron chi connectivity index (χ4n) is 1.71. The molecule has 14 heavy (non-hydrogen) atoms. The van der Waals surface area contributed by atoms with Gasteiger partial charge in [-0.05, 0) is 7.05 Å². The molecule has 1 aliphatic heterocycles. The van der Waals surface area contributed by atoms with Gasteiger partial charge in [-0.25, -0.2) is 0 Å². The van der Waals surface area contributed by atoms with E-state index >= 15 is 0 Å². The second kappa shape index (κ2) is 3.98. The number of anilines is 1. The fourth-order valence-corrected chi connectivity index (χ4v) is 1.71. The third-order valence-electron chi connectivity index (χ3n) is 2.64. The van der Waals surface area contributed by atoms with Crippen LogP contribution < -0.4 is 5.73 Å². The van der Waals surface area contributed by atoms with Gasteiger partial charge in [0.1, 0.15) is 5.82 Å². The van der Waals surface area contributed by atoms with Gasteiger partial charge in [-0.2, -0.15) is 5.10 Å². The van der Waals surface area contributed by atoms with Crippen molar-refractivity contribution in [2.45, 2.75) is 6.54 Å². The van der Waals surface area contributed by atoms with E-state index < -0.39 is 0 Å². The van der Waals surface area contributed by atoms with E-state index in [1.54, 1.807) is 0 Å². The number of nitrogen functional groups attached to an aromatic ring is 1. The predicted molar refractivity (Wildman–Crippen MR) is 55.8 cm³/mol. The van der Waals surface area contributed by atoms with Crippen LogP contribution in [0.5, 0.6) is 0 Å². The number of piperazine rings is 1. The van der Waals surface area contributed by atoms with Crippen LogP contribution in [0.1, 0.15) is 5.69 Å². The number of likely N-dealkylation sites (N-methyl/N-ethyl adjacent to an activating group) is 1. The first-order valence-corrected chi connectivity index (χ1v) is 4.95. The highest BCUT2D eigenvalue weighted by Crippen LogP contribution is 2.07. The molecule has 78 valence electrons. The molecule has 0 saturated carbocycles. The van der Waals surface area contributed by atoms with Crippen molar-refractivity contribution in [3.63, 3.8) is 0 Å². The van der Waals surface area contributed by atoms with Gasteiger partial charge in [-0.3, -0.25) is 10.00 Å². The summed E-state index contributed by atoms with van der Waals surface area (Å²) >= 11 is 0. The molecule has 0 spiro atoms. The third kappa shape index (κ3) is 2.24. The first-order chi connectivity index (χ1) is 6.74. The van der Waals surface area contributed by atoms with E-state index in [9.17, 15) is 0 Å². The number of rotatable bonds is 2. The van der Waals surface area contributed by atoms with Crippen molar-refractivity contribution in [1.82, 2.24) is 20.0 Å². The normalized spacial score (nSPS) is 20.1. The summed E-state index contributed by atoms with van der Waals surface area (Å²) < 4.78 is 0. The van der Waals surface area contributed by atoms with Gasteiger partial charge in [-0.15, -0.1) is 0 Å². The van der Waals surface area contributed by atoms with Crippen molar-refractivity contribution >= 4 is 5.82 Å². The van der Waals surface area contributed by atoms with Crippen LogP contribution in [-0.2, 0) is 6.54 Å². The third-order valence-corrected chi connectivity index (χ3v) is 2.64. The highest BCUT2D eigenvalue weighted by molar-refractivity contribution is 5.28. The number of nitrogens with two attached hydrogens (primary N) is 1. The summed E-state index contributed by atoms with van der Waals surface area (Å²) in [7, 11) is 2.16. The molecular weight excluding hydrogens is 178 g/mol. The Hall–Kier alpha value is -1.07. The van der Waals surface area contributed by atoms with Gasteiger partial charge in [0.15, 0.2) is 0 Å². The molecule has 1 aliphatic rings. The standard InChI is InChI=1S/C9H17N5/c1-13-2-4-14(5-3-13)7-8-6-9(10)12-11-8/h6H,2-5,7H2,1H3,(H3,10,11,12). The van der Waals surface area contributed by atoms with Crippen LogP contribution in [0, 0.1) is 0 Å². The van der Waals surface area contributed by atoms with Gasteiger partial charge in [-0.1, -0.05) is 0 Å². The van der Waals surface area contributed by atoms with Gasteiger partial charge in [0.25, 0.3) is 0 Å². The lowest BCUT2D eigenvalue weighted by Crippen LogP contribution is -2.43. The monoisotopic (exact) mass is 195 g/mol. The van der Waals surface area contributed by atoms with Crippen molar-refractivity contribution < 1.29 is 0 Å². The highest BCUT2D eigenvalue weighted by atomic mass is 15.3. The lowest BCUT2D eigenvalue weighted by atomic mass is 10.3. The van der Waals surface area contributed by atoms with E-state index in [4.69, 9.17) is 5.73 Å². The van der Waals surface area contributed by atoms with Crippen LogP contribution in [0.3, 0.4) is 0 Å². The number of hydrogen-bond acceptors (Lipinski definition) is 4. The molecule has 5 nitrogen and oxygen atoms in total. The Bertz CT molecular complexity index is 287. The second-order valence-electron chi connectivity index (χ2n) is 3.90. The first kappa shape index (κ1) is 9.48. The molecule has 0 aliphatic carbocycles. The Morgan fingerprint density at radius 2 is 2.14 bits per heavy atom. The minimum Gasteiger partial charge on any atom is -0.382 e. The fraction of sp³-hybridized carbons (Fsp3) is 0.667. The average Bonchev–Trinajstić information content (AvgIpc) is 2.56. The van der Waals surface area contributed by atoms with Gasteiger partial charge in [0.2, 0.25) is 0 Å². The van der Waals surface area contributed by atoms with E-state index in [1.807, 2.05) is 6.07 Å². The van der Waals surface area contributed by atoms with E-state index in [0.29, 0.717) is 5.82 Å². The molecule has 0 atom stereocenters. The Balaban J connectivity index is 1.86. The molecule has 1 aromatic heterocycles. The zero-order valence-electron chi connectivity index (χ0n) is 8.53. The SMILES string of the molecule is CN1CCN(Cc2cc(N)n[nH]2)CC1. The number of nitrogens with one attached hydrogen (secondary N) is 1. The van der Waals surface area contributed by atoms with Crippen LogP contribution in [-0.4, -0.2) is 53.2 Å². The van der Waals surface area contributed by atoms with Crippen LogP contribution in [0.2, 0.25) is 0 Å². The van der Waals surface area contributed by atoms with Crippen LogP contribution >= 0.6 is 0 Å². The summed E-state index contributed by atoms with van der Waals surface area (Å²) in [5.74, 6) is 0.578. The van der Waals surface area contributed by atoms with Gasteiger partial charge >= 0.3 is 0 Å². The van der Waals surface area contributed by atoms with Crippen molar-refractivity contribution in [2.24, 2.45) is 0 Å². The second-order valence-corrected chi connectivity index (χ2v) is 3.90. The summed E-state index contributed by atoms with van der Waals surface area (Å²) in [6.07, 6.45) is 0. The van der Waals surface area contributed by atoms with Crippen molar-refractivity contribution in [3.8, 4) is 0 Å². The predicted octanol–water partition coefficient (Wildman–Crippen LogP) is -0.261. The summed E-state index contributed by atoms with van der Waals surface area (Å²) in [5.41, 5.74) is 6.64. The molecule has 3 N–H and O–H groups in total. The Kier molecular flexibility index (Phi) is 2.69. The molecule has 0 bridgehead atoms. The molecule has 5 heteroatoms. The summed E-state index contributed by atoms with van der Waals surface area (Å²) in [6.45, 7) is 5.45. The smallest absolute Gasteiger partial charge is 0.145 e. The van der Waals surface area contributed by atoms with E-state index in [2.05, 4.69) is 27.0 Å². The van der Waals surface area contributed by atoms with Crippen molar-refractivity contribution in [3.05, 3.63) is 11.8 Å². The van der Waals surface area contributed by atoms with Gasteiger partial charge in [0, 0.05) is 38.8 Å². The molecule has 2 rings (SSSR count). The van der Waals surface area contributed by atoms with Crippen molar-refractivity contribution in [2.75, 3.05) is 39.0 Å². The molecule has 0 unspecified atom stereocenters. The summed E-state index contributed by atoms with van der Waals surface area (Å²) in [4.78, 5) is 4.75. The number of hydrogen-bond donors (Lipinski definition) is 2. The Morgan fingerprint density at radius 3 is 2.71 bits per heavy atom. The molecule has 0 amide bonds. The van der Waals surface area contributed by atoms with Crippen LogP contribution in [0.15, 0.2) is 6.07 Å². The number of nitrogens with zero attached hydrogens (tertiary/aromatic N) is 3. The molecule has 1 saturated heterocycles. The maximum absolute atomic E-state index is 5.54. The Morgan fingerprint density at radius 1 is 1.43 bits per heavy atom. The topological polar surface area (TPSA) is 61.2 Å². The molecule has 2 heterocycles. The summed E-state index contributed by atoms with van der Waals surface area (Å²) in [6, 6.07) is 1.90. The van der Waals surface area contributed by atoms with E-state index in [-0.39, 0.29) is 0 Å². The molecule has 1 aromatic rings. The zero-order valence-corrected chi connectivity index (χ0v) is 8.53. The molecular formula is C9H17N5. The van der Waals surface area contributed by atoms with Crippen LogP contribution in [0.4, 0.5) is 5.82 Å². The minimum atomic E-state index is 0.578. The maximum Gasteiger partial charge on any atom is 0.145 e. The quantitative estimate of drug-likeness (QED) is 0.682. The first-order valence-electron chi connectivity index (χ1n) is 4.95. The van der Waals surface area contributed by atoms with E-state index in [0.717, 1.165) is 38.4 Å². The van der Waals surface area contributed by atoms with Crippen molar-refractivity contribution in [1.29, 1.82) is 0 Å². The van der Waals surface area contributed by atoms with Gasteiger partial charge in [0.05, 0.1) is 5.69 Å². The lowest BCUT2D eigenvalue weighted by molar-refractivity contribution is 0.147. The molecule has 0 aromatic carbocycles. The number of H-pyrrole nitrogens is 1. The van der Waals surface area contributed by atoms with Gasteiger partial charge < -0.3 is 10.6 Å². The maximum atomic E-state index is 5.54. The molecule has 1 fully saturated rings. The zero-order chi connectivity index (χ0) is 9.97. The Labute approximate surface area is 83.9 Å². The average molecular weight is 195 g/mol. The van der Waals surface area contributed by atoms with Crippen LogP contribution in [0.25, 0.3) is 0 Å². The van der Waals surface area contributed by atoms with E-state index in [1.165, 1.54) is 0 Å². The summed E-state index contributed by atoms with van der Waals surface area (Å²) in [5, 5.41) is 6.85. The lowest BCUT2D eigenvalue weighted by Gasteiger charge is -2.31. The largest absolute Gasteiger partial charge is 0.382 e. The molecule has 0 radical (unpaired) electrons. The minimum absolute atomic E-state index is 0.578. The number of aromatic amines is 1. The highest BCUT2D eigenvalue weighted by Gasteiger charge is 2.14. The number of aromatic nitrogens is 2.